The van der Waals surface area contributed by atoms with Crippen molar-refractivity contribution in [2.24, 2.45) is 0 Å². The first-order valence-electron chi connectivity index (χ1n) is 5.62. The summed E-state index contributed by atoms with van der Waals surface area (Å²) in [6.07, 6.45) is 1.77. The fourth-order valence-electron chi connectivity index (χ4n) is 1.58. The van der Waals surface area contributed by atoms with E-state index in [0.717, 1.165) is 28.2 Å². The van der Waals surface area contributed by atoms with Crippen LogP contribution in [0.4, 0.5) is 0 Å². The van der Waals surface area contributed by atoms with Gasteiger partial charge in [-0.15, -0.1) is 0 Å². The van der Waals surface area contributed by atoms with Crippen molar-refractivity contribution in [2.45, 2.75) is 20.4 Å². The van der Waals surface area contributed by atoms with Crippen molar-refractivity contribution >= 4 is 15.9 Å². The lowest BCUT2D eigenvalue weighted by Gasteiger charge is -2.02. The predicted octanol–water partition coefficient (Wildman–Crippen LogP) is 3.52. The smallest absolute Gasteiger partial charge is 0.208 e. The Bertz CT molecular complexity index is 508. The Morgan fingerprint density at radius 2 is 2.24 bits per heavy atom. The second-order valence-electron chi connectivity index (χ2n) is 3.88. The molecular weight excluding hydrogens is 280 g/mol. The number of hydrogen-bond acceptors (Lipinski definition) is 3. The third-order valence-corrected chi connectivity index (χ3v) is 3.16. The lowest BCUT2D eigenvalue weighted by atomic mass is 10.1. The molecule has 0 aliphatic heterocycles. The van der Waals surface area contributed by atoms with Gasteiger partial charge in [-0.3, -0.25) is 0 Å². The van der Waals surface area contributed by atoms with Crippen LogP contribution in [-0.2, 0) is 6.54 Å². The molecule has 0 aliphatic rings. The van der Waals surface area contributed by atoms with Gasteiger partial charge in [-0.05, 0) is 25.6 Å². The first-order chi connectivity index (χ1) is 8.20. The molecule has 0 saturated heterocycles. The molecule has 1 N–H and O–H groups in total. The quantitative estimate of drug-likeness (QED) is 0.937. The highest BCUT2D eigenvalue weighted by atomic mass is 79.9. The van der Waals surface area contributed by atoms with Gasteiger partial charge >= 0.3 is 0 Å². The number of benzene rings is 1. The molecule has 0 aliphatic carbocycles. The summed E-state index contributed by atoms with van der Waals surface area (Å²) in [5, 5.41) is 3.19. The van der Waals surface area contributed by atoms with Gasteiger partial charge in [0.25, 0.3) is 0 Å². The van der Waals surface area contributed by atoms with Crippen LogP contribution in [0.2, 0.25) is 0 Å². The molecule has 0 saturated carbocycles. The summed E-state index contributed by atoms with van der Waals surface area (Å²) >= 11 is 3.53. The van der Waals surface area contributed by atoms with E-state index >= 15 is 0 Å². The number of aryl methyl sites for hydroxylation is 1. The van der Waals surface area contributed by atoms with Crippen molar-refractivity contribution in [3.8, 4) is 11.3 Å². The molecule has 0 fully saturated rings. The van der Waals surface area contributed by atoms with Crippen LogP contribution in [0.15, 0.2) is 33.3 Å². The van der Waals surface area contributed by atoms with Gasteiger partial charge in [-0.2, -0.15) is 0 Å². The molecule has 0 spiro atoms. The van der Waals surface area contributed by atoms with Crippen molar-refractivity contribution in [3.63, 3.8) is 0 Å². The number of halogens is 1. The fourth-order valence-corrected chi connectivity index (χ4v) is 2.02. The Morgan fingerprint density at radius 1 is 1.41 bits per heavy atom. The van der Waals surface area contributed by atoms with Crippen LogP contribution in [0, 0.1) is 6.92 Å². The van der Waals surface area contributed by atoms with Crippen molar-refractivity contribution in [1.29, 1.82) is 0 Å². The summed E-state index contributed by atoms with van der Waals surface area (Å²) < 4.78 is 6.73. The van der Waals surface area contributed by atoms with Crippen LogP contribution < -0.4 is 5.32 Å². The maximum Gasteiger partial charge on any atom is 0.208 e. The molecule has 2 rings (SSSR count). The average Bonchev–Trinajstić information content (AvgIpc) is 2.78. The molecular formula is C13H15BrN2O. The van der Waals surface area contributed by atoms with Crippen molar-refractivity contribution in [1.82, 2.24) is 10.3 Å². The van der Waals surface area contributed by atoms with Crippen LogP contribution in [0.5, 0.6) is 0 Å². The van der Waals surface area contributed by atoms with E-state index < -0.39 is 0 Å². The van der Waals surface area contributed by atoms with E-state index in [0.29, 0.717) is 6.54 Å². The van der Waals surface area contributed by atoms with E-state index in [4.69, 9.17) is 4.42 Å². The lowest BCUT2D eigenvalue weighted by Crippen LogP contribution is -2.11. The van der Waals surface area contributed by atoms with Crippen LogP contribution >= 0.6 is 15.9 Å². The van der Waals surface area contributed by atoms with Gasteiger partial charge in [0.15, 0.2) is 5.76 Å². The SMILES string of the molecule is CCNCc1ncc(-c2cc(C)ccc2Br)o1. The van der Waals surface area contributed by atoms with Gasteiger partial charge in [0.1, 0.15) is 0 Å². The second-order valence-corrected chi connectivity index (χ2v) is 4.74. The van der Waals surface area contributed by atoms with E-state index in [-0.39, 0.29) is 0 Å². The predicted molar refractivity (Wildman–Crippen MR) is 71.8 cm³/mol. The van der Waals surface area contributed by atoms with Gasteiger partial charge in [0.05, 0.1) is 12.7 Å². The van der Waals surface area contributed by atoms with Gasteiger partial charge < -0.3 is 9.73 Å². The molecule has 0 bridgehead atoms. The minimum Gasteiger partial charge on any atom is -0.439 e. The minimum absolute atomic E-state index is 0.667. The largest absolute Gasteiger partial charge is 0.439 e. The molecule has 0 atom stereocenters. The monoisotopic (exact) mass is 294 g/mol. The normalized spacial score (nSPS) is 10.8. The Morgan fingerprint density at radius 3 is 3.00 bits per heavy atom. The standard InChI is InChI=1S/C13H15BrN2O/c1-3-15-8-13-16-7-12(17-13)10-6-9(2)4-5-11(10)14/h4-7,15H,3,8H2,1-2H3. The van der Waals surface area contributed by atoms with Crippen LogP contribution in [0.25, 0.3) is 11.3 Å². The third kappa shape index (κ3) is 2.96. The topological polar surface area (TPSA) is 38.1 Å². The van der Waals surface area contributed by atoms with Crippen molar-refractivity contribution in [3.05, 3.63) is 40.3 Å². The highest BCUT2D eigenvalue weighted by molar-refractivity contribution is 9.10. The summed E-state index contributed by atoms with van der Waals surface area (Å²) in [4.78, 5) is 4.25. The molecule has 17 heavy (non-hydrogen) atoms. The van der Waals surface area contributed by atoms with E-state index in [9.17, 15) is 0 Å². The van der Waals surface area contributed by atoms with E-state index in [1.165, 1.54) is 5.56 Å². The van der Waals surface area contributed by atoms with Gasteiger partial charge in [-0.1, -0.05) is 34.5 Å². The van der Waals surface area contributed by atoms with Crippen molar-refractivity contribution in [2.75, 3.05) is 6.54 Å². The number of oxazole rings is 1. The summed E-state index contributed by atoms with van der Waals surface area (Å²) in [5.41, 5.74) is 2.24. The molecule has 4 heteroatoms. The molecule has 1 aromatic heterocycles. The van der Waals surface area contributed by atoms with Crippen LogP contribution in [0.1, 0.15) is 18.4 Å². The molecule has 0 unspecified atom stereocenters. The summed E-state index contributed by atoms with van der Waals surface area (Å²) in [5.74, 6) is 1.52. The van der Waals surface area contributed by atoms with Crippen molar-refractivity contribution < 1.29 is 4.42 Å². The molecule has 1 aromatic carbocycles. The Hall–Kier alpha value is -1.13. The number of nitrogens with zero attached hydrogens (tertiary/aromatic N) is 1. The summed E-state index contributed by atoms with van der Waals surface area (Å²) in [6.45, 7) is 5.69. The van der Waals surface area contributed by atoms with Gasteiger partial charge in [0.2, 0.25) is 5.89 Å². The van der Waals surface area contributed by atoms with Crippen LogP contribution in [-0.4, -0.2) is 11.5 Å². The Kier molecular flexibility index (Phi) is 3.97. The third-order valence-electron chi connectivity index (χ3n) is 2.47. The molecule has 0 amide bonds. The first-order valence-corrected chi connectivity index (χ1v) is 6.42. The highest BCUT2D eigenvalue weighted by Gasteiger charge is 2.09. The first kappa shape index (κ1) is 12.3. The maximum absolute atomic E-state index is 5.70. The minimum atomic E-state index is 0.667. The number of rotatable bonds is 4. The highest BCUT2D eigenvalue weighted by Crippen LogP contribution is 2.29. The van der Waals surface area contributed by atoms with Gasteiger partial charge in [0, 0.05) is 10.0 Å². The maximum atomic E-state index is 5.70. The second kappa shape index (κ2) is 5.47. The summed E-state index contributed by atoms with van der Waals surface area (Å²) in [7, 11) is 0. The Labute approximate surface area is 109 Å². The Balaban J connectivity index is 2.27. The lowest BCUT2D eigenvalue weighted by molar-refractivity contribution is 0.482. The molecule has 1 heterocycles. The number of hydrogen-bond donors (Lipinski definition) is 1. The van der Waals surface area contributed by atoms with E-state index in [1.54, 1.807) is 6.20 Å². The van der Waals surface area contributed by atoms with Crippen LogP contribution in [0.3, 0.4) is 0 Å². The van der Waals surface area contributed by atoms with Gasteiger partial charge in [-0.25, -0.2) is 4.98 Å². The molecule has 0 radical (unpaired) electrons. The molecule has 2 aromatic rings. The van der Waals surface area contributed by atoms with E-state index in [2.05, 4.69) is 52.2 Å². The van der Waals surface area contributed by atoms with E-state index in [1.807, 2.05) is 6.07 Å². The number of nitrogens with one attached hydrogen (secondary N) is 1. The summed E-state index contributed by atoms with van der Waals surface area (Å²) in [6, 6.07) is 6.17. The molecule has 90 valence electrons. The zero-order chi connectivity index (χ0) is 12.3. The fraction of sp³-hybridized carbons (Fsp3) is 0.308. The average molecular weight is 295 g/mol. The zero-order valence-corrected chi connectivity index (χ0v) is 11.5. The number of aromatic nitrogens is 1. The molecule has 3 nitrogen and oxygen atoms in total. The zero-order valence-electron chi connectivity index (χ0n) is 9.96.